The Labute approximate surface area is 366 Å². The SMILES string of the molecule is COCOc1cc(-c2ncc3c(N4CC5CCC(C4)N5C(=O)OC(C)(C)C)nc(OCCN4CCNCC4)nc3c2F)c2c(C#C[Si](C(C)C)(C(C)C)C(C)C)c(F)ccc2c1. The fourth-order valence-electron chi connectivity index (χ4n) is 9.94. The number of halogens is 2. The molecule has 2 aromatic heterocycles. The van der Waals surface area contributed by atoms with Crippen molar-refractivity contribution in [3.63, 3.8) is 0 Å². The fraction of sp³-hybridized carbons (Fsp3) is 0.574. The van der Waals surface area contributed by atoms with E-state index in [1.54, 1.807) is 24.4 Å². The molecule has 15 heteroatoms. The summed E-state index contributed by atoms with van der Waals surface area (Å²) in [5.41, 5.74) is 4.49. The van der Waals surface area contributed by atoms with Crippen LogP contribution in [-0.2, 0) is 9.47 Å². The van der Waals surface area contributed by atoms with Gasteiger partial charge in [-0.1, -0.05) is 53.5 Å². The number of nitrogens with one attached hydrogen (secondary N) is 1. The summed E-state index contributed by atoms with van der Waals surface area (Å²) in [5, 5.41) is 4.82. The first-order chi connectivity index (χ1) is 29.5. The molecule has 0 spiro atoms. The molecule has 12 nitrogen and oxygen atoms in total. The van der Waals surface area contributed by atoms with Gasteiger partial charge >= 0.3 is 12.1 Å². The molecular weight excluding hydrogens is 809 g/mol. The van der Waals surface area contributed by atoms with Crippen molar-refractivity contribution in [2.75, 3.05) is 71.2 Å². The minimum Gasteiger partial charge on any atom is -0.468 e. The van der Waals surface area contributed by atoms with Crippen LogP contribution in [0, 0.1) is 23.1 Å². The van der Waals surface area contributed by atoms with Crippen LogP contribution in [-0.4, -0.2) is 123 Å². The highest BCUT2D eigenvalue weighted by Crippen LogP contribution is 2.43. The molecule has 62 heavy (non-hydrogen) atoms. The monoisotopic (exact) mass is 871 g/mol. The van der Waals surface area contributed by atoms with Crippen molar-refractivity contribution in [2.45, 2.75) is 109 Å². The third-order valence-corrected chi connectivity index (χ3v) is 19.1. The lowest BCUT2D eigenvalue weighted by molar-refractivity contribution is 0.0122. The van der Waals surface area contributed by atoms with Gasteiger partial charge in [-0.15, -0.1) is 5.54 Å². The number of hydrogen-bond acceptors (Lipinski definition) is 11. The lowest BCUT2D eigenvalue weighted by atomic mass is 9.95. The van der Waals surface area contributed by atoms with Crippen molar-refractivity contribution >= 4 is 41.7 Å². The normalized spacial score (nSPS) is 18.6. The topological polar surface area (TPSA) is 114 Å². The number of amides is 1. The Morgan fingerprint density at radius 3 is 2.27 bits per heavy atom. The van der Waals surface area contributed by atoms with E-state index in [2.05, 4.69) is 68.1 Å². The molecule has 3 fully saturated rings. The molecule has 0 saturated carbocycles. The van der Waals surface area contributed by atoms with Crippen LogP contribution in [0.3, 0.4) is 0 Å². The summed E-state index contributed by atoms with van der Waals surface area (Å²) >= 11 is 0. The summed E-state index contributed by atoms with van der Waals surface area (Å²) in [7, 11) is -0.779. The van der Waals surface area contributed by atoms with Gasteiger partial charge < -0.3 is 29.2 Å². The van der Waals surface area contributed by atoms with Crippen molar-refractivity contribution in [1.29, 1.82) is 0 Å². The van der Waals surface area contributed by atoms with Gasteiger partial charge in [-0.25, -0.2) is 13.6 Å². The number of nitrogens with zero attached hydrogens (tertiary/aromatic N) is 6. The van der Waals surface area contributed by atoms with Crippen LogP contribution < -0.4 is 19.7 Å². The first-order valence-electron chi connectivity index (χ1n) is 22.1. The van der Waals surface area contributed by atoms with Gasteiger partial charge in [-0.3, -0.25) is 14.8 Å². The highest BCUT2D eigenvalue weighted by Gasteiger charge is 2.45. The van der Waals surface area contributed by atoms with Crippen LogP contribution in [0.4, 0.5) is 19.4 Å². The van der Waals surface area contributed by atoms with E-state index in [0.29, 0.717) is 76.2 Å². The van der Waals surface area contributed by atoms with Gasteiger partial charge in [-0.05, 0) is 73.8 Å². The fourth-order valence-corrected chi connectivity index (χ4v) is 15.1. The molecule has 3 aliphatic rings. The largest absolute Gasteiger partial charge is 0.468 e. The summed E-state index contributed by atoms with van der Waals surface area (Å²) in [6.45, 7) is 24.3. The number of hydrogen-bond donors (Lipinski definition) is 1. The molecule has 0 radical (unpaired) electrons. The maximum atomic E-state index is 17.7. The minimum absolute atomic E-state index is 0.0188. The second-order valence-corrected chi connectivity index (χ2v) is 24.4. The zero-order valence-electron chi connectivity index (χ0n) is 38.0. The average molecular weight is 872 g/mol. The molecule has 2 bridgehead atoms. The number of ether oxygens (including phenoxy) is 4. The van der Waals surface area contributed by atoms with Gasteiger partial charge in [0.15, 0.2) is 12.6 Å². The summed E-state index contributed by atoms with van der Waals surface area (Å²) in [4.78, 5) is 34.0. The number of fused-ring (bicyclic) bond motifs is 4. The predicted molar refractivity (Wildman–Crippen MR) is 243 cm³/mol. The zero-order chi connectivity index (χ0) is 44.5. The Morgan fingerprint density at radius 1 is 0.968 bits per heavy atom. The van der Waals surface area contributed by atoms with Gasteiger partial charge in [-0.2, -0.15) is 9.97 Å². The third kappa shape index (κ3) is 9.20. The highest BCUT2D eigenvalue weighted by atomic mass is 28.3. The van der Waals surface area contributed by atoms with E-state index in [9.17, 15) is 4.79 Å². The number of benzene rings is 2. The molecule has 3 aliphatic heterocycles. The quantitative estimate of drug-likeness (QED) is 0.0840. The maximum Gasteiger partial charge on any atom is 0.410 e. The number of methoxy groups -OCH3 is 1. The lowest BCUT2D eigenvalue weighted by Crippen LogP contribution is -2.57. The molecular formula is C47H63F2N7O5Si. The molecule has 7 rings (SSSR count). The number of carbonyl (C=O) groups is 1. The van der Waals surface area contributed by atoms with Crippen LogP contribution >= 0.6 is 0 Å². The van der Waals surface area contributed by atoms with Crippen LogP contribution in [0.1, 0.15) is 80.7 Å². The molecule has 334 valence electrons. The second-order valence-electron chi connectivity index (χ2n) is 18.8. The molecule has 2 aromatic carbocycles. The van der Waals surface area contributed by atoms with E-state index in [1.807, 2.05) is 25.7 Å². The number of aromatic nitrogens is 3. The van der Waals surface area contributed by atoms with Crippen molar-refractivity contribution < 1.29 is 32.5 Å². The number of carbonyl (C=O) groups excluding carboxylic acids is 1. The molecule has 4 aromatic rings. The smallest absolute Gasteiger partial charge is 0.410 e. The van der Waals surface area contributed by atoms with E-state index < -0.39 is 25.3 Å². The van der Waals surface area contributed by atoms with E-state index >= 15 is 8.78 Å². The first kappa shape index (κ1) is 45.4. The molecule has 1 amide bonds. The predicted octanol–water partition coefficient (Wildman–Crippen LogP) is 8.55. The van der Waals surface area contributed by atoms with Crippen molar-refractivity contribution in [3.8, 4) is 34.5 Å². The van der Waals surface area contributed by atoms with Gasteiger partial charge in [0.05, 0.1) is 23.0 Å². The van der Waals surface area contributed by atoms with Gasteiger partial charge in [0.25, 0.3) is 0 Å². The minimum atomic E-state index is -2.30. The zero-order valence-corrected chi connectivity index (χ0v) is 39.0. The Balaban J connectivity index is 1.38. The van der Waals surface area contributed by atoms with Gasteiger partial charge in [0, 0.05) is 70.1 Å². The number of piperazine rings is 2. The van der Waals surface area contributed by atoms with Crippen LogP contribution in [0.5, 0.6) is 11.8 Å². The Morgan fingerprint density at radius 2 is 1.65 bits per heavy atom. The summed E-state index contributed by atoms with van der Waals surface area (Å²) in [5.74, 6) is 3.01. The second kappa shape index (κ2) is 18.6. The van der Waals surface area contributed by atoms with Crippen LogP contribution in [0.2, 0.25) is 16.6 Å². The Hall–Kier alpha value is -4.62. The van der Waals surface area contributed by atoms with Crippen molar-refractivity contribution in [2.24, 2.45) is 0 Å². The molecule has 2 atom stereocenters. The molecule has 5 heterocycles. The van der Waals surface area contributed by atoms with Crippen LogP contribution in [0.15, 0.2) is 30.5 Å². The van der Waals surface area contributed by atoms with E-state index in [0.717, 1.165) is 39.0 Å². The van der Waals surface area contributed by atoms with E-state index in [1.165, 1.54) is 13.2 Å². The average Bonchev–Trinajstić information content (AvgIpc) is 3.49. The lowest BCUT2D eigenvalue weighted by Gasteiger charge is -2.42. The van der Waals surface area contributed by atoms with Crippen LogP contribution in [0.25, 0.3) is 32.9 Å². The third-order valence-electron chi connectivity index (χ3n) is 12.8. The number of pyridine rings is 1. The van der Waals surface area contributed by atoms with Crippen molar-refractivity contribution in [1.82, 2.24) is 30.1 Å². The van der Waals surface area contributed by atoms with Crippen molar-refractivity contribution in [3.05, 3.63) is 47.7 Å². The van der Waals surface area contributed by atoms with E-state index in [-0.39, 0.29) is 47.8 Å². The van der Waals surface area contributed by atoms with E-state index in [4.69, 9.17) is 33.9 Å². The summed E-state index contributed by atoms with van der Waals surface area (Å²) in [6.07, 6.45) is 2.87. The first-order valence-corrected chi connectivity index (χ1v) is 24.4. The Bertz CT molecular complexity index is 2300. The molecule has 3 saturated heterocycles. The number of anilines is 1. The van der Waals surface area contributed by atoms with Gasteiger partial charge in [0.1, 0.15) is 48.9 Å². The molecule has 0 aliphatic carbocycles. The standard InChI is InChI=1S/C47H63F2N7O5Si/c1-29(2)62(30(3)4,31(5)6)22-15-36-39(48)14-11-32-23-35(60-28-58-10)24-37(40(32)36)42-41(49)43-38(25-51-42)44(53-45(52-43)59-21-20-54-18-16-50-17-19-54)55-26-33-12-13-34(27-55)56(33)46(57)61-47(7,8)9/h11,14,23-25,29-31,33-34,50H,12-13,16-21,26-28H2,1-10H3. The van der Waals surface area contributed by atoms with Gasteiger partial charge in [0.2, 0.25) is 0 Å². The highest BCUT2D eigenvalue weighted by molar-refractivity contribution is 6.90. The summed E-state index contributed by atoms with van der Waals surface area (Å²) < 4.78 is 57.2. The molecule has 2 unspecified atom stereocenters. The Kier molecular flexibility index (Phi) is 13.6. The summed E-state index contributed by atoms with van der Waals surface area (Å²) in [6, 6.07) is 6.31. The number of rotatable bonds is 12. The maximum absolute atomic E-state index is 17.7. The molecule has 1 N–H and O–H groups in total.